The van der Waals surface area contributed by atoms with Gasteiger partial charge in [-0.1, -0.05) is 30.3 Å². The predicted molar refractivity (Wildman–Crippen MR) is 87.3 cm³/mol. The van der Waals surface area contributed by atoms with Crippen LogP contribution < -0.4 is 5.32 Å². The highest BCUT2D eigenvalue weighted by Gasteiger charge is 2.15. The fraction of sp³-hybridized carbons (Fsp3) is 0.353. The molecule has 1 aromatic carbocycles. The normalized spacial score (nSPS) is 11.4. The van der Waals surface area contributed by atoms with Gasteiger partial charge < -0.3 is 10.1 Å². The van der Waals surface area contributed by atoms with E-state index in [4.69, 9.17) is 4.74 Å². The summed E-state index contributed by atoms with van der Waals surface area (Å²) in [7, 11) is 0. The molecule has 0 radical (unpaired) electrons. The number of benzene rings is 1. The average molecular weight is 303 g/mol. The molecule has 21 heavy (non-hydrogen) atoms. The van der Waals surface area contributed by atoms with Crippen molar-refractivity contribution in [1.29, 1.82) is 0 Å². The van der Waals surface area contributed by atoms with Gasteiger partial charge in [0.15, 0.2) is 0 Å². The van der Waals surface area contributed by atoms with Gasteiger partial charge >= 0.3 is 5.97 Å². The topological polar surface area (TPSA) is 38.3 Å². The molecule has 0 aliphatic rings. The van der Waals surface area contributed by atoms with E-state index in [9.17, 15) is 4.79 Å². The van der Waals surface area contributed by atoms with Gasteiger partial charge in [0, 0.05) is 11.4 Å². The number of rotatable bonds is 5. The standard InChI is InChI=1S/C17H21NO2S/c1-17(2,3)20-16(19)11-18-10-15-9-14(12-21-15)13-7-5-4-6-8-13/h4-9,12,18H,10-11H2,1-3H3. The highest BCUT2D eigenvalue weighted by Crippen LogP contribution is 2.25. The predicted octanol–water partition coefficient (Wildman–Crippen LogP) is 3.85. The Kier molecular flexibility index (Phi) is 5.15. The summed E-state index contributed by atoms with van der Waals surface area (Å²) in [6, 6.07) is 12.4. The van der Waals surface area contributed by atoms with Crippen LogP contribution in [0.25, 0.3) is 11.1 Å². The fourth-order valence-electron chi connectivity index (χ4n) is 1.92. The van der Waals surface area contributed by atoms with E-state index in [1.165, 1.54) is 16.0 Å². The minimum Gasteiger partial charge on any atom is -0.459 e. The molecule has 4 heteroatoms. The summed E-state index contributed by atoms with van der Waals surface area (Å²) in [6.45, 7) is 6.52. The number of nitrogens with one attached hydrogen (secondary N) is 1. The van der Waals surface area contributed by atoms with Crippen molar-refractivity contribution < 1.29 is 9.53 Å². The second kappa shape index (κ2) is 6.87. The third-order valence-electron chi connectivity index (χ3n) is 2.75. The van der Waals surface area contributed by atoms with Gasteiger partial charge in [0.05, 0.1) is 6.54 Å². The molecule has 0 amide bonds. The van der Waals surface area contributed by atoms with Crippen molar-refractivity contribution in [2.24, 2.45) is 0 Å². The van der Waals surface area contributed by atoms with Crippen molar-refractivity contribution in [1.82, 2.24) is 5.32 Å². The van der Waals surface area contributed by atoms with Crippen LogP contribution in [0.5, 0.6) is 0 Å². The monoisotopic (exact) mass is 303 g/mol. The summed E-state index contributed by atoms with van der Waals surface area (Å²) in [5.41, 5.74) is 2.00. The van der Waals surface area contributed by atoms with Crippen LogP contribution in [0, 0.1) is 0 Å². The molecule has 1 aromatic heterocycles. The van der Waals surface area contributed by atoms with Gasteiger partial charge in [-0.25, -0.2) is 0 Å². The Bertz CT molecular complexity index is 584. The van der Waals surface area contributed by atoms with E-state index in [0.717, 1.165) is 0 Å². The lowest BCUT2D eigenvalue weighted by Crippen LogP contribution is -2.31. The Morgan fingerprint density at radius 2 is 1.90 bits per heavy atom. The molecule has 0 unspecified atom stereocenters. The third kappa shape index (κ3) is 5.33. The van der Waals surface area contributed by atoms with Crippen LogP contribution in [0.4, 0.5) is 0 Å². The van der Waals surface area contributed by atoms with Crippen LogP contribution >= 0.6 is 11.3 Å². The summed E-state index contributed by atoms with van der Waals surface area (Å²) >= 11 is 1.69. The molecule has 2 rings (SSSR count). The quantitative estimate of drug-likeness (QED) is 0.853. The van der Waals surface area contributed by atoms with E-state index < -0.39 is 5.60 Å². The molecule has 1 heterocycles. The molecule has 3 nitrogen and oxygen atoms in total. The van der Waals surface area contributed by atoms with Crippen LogP contribution in [0.15, 0.2) is 41.8 Å². The van der Waals surface area contributed by atoms with Crippen molar-refractivity contribution in [2.75, 3.05) is 6.54 Å². The van der Waals surface area contributed by atoms with E-state index in [1.807, 2.05) is 39.0 Å². The second-order valence-corrected chi connectivity index (χ2v) is 6.85. The molecule has 0 bridgehead atoms. The Hall–Kier alpha value is -1.65. The second-order valence-electron chi connectivity index (χ2n) is 5.86. The maximum Gasteiger partial charge on any atom is 0.320 e. The molecule has 0 aliphatic heterocycles. The molecule has 0 saturated heterocycles. The smallest absolute Gasteiger partial charge is 0.320 e. The molecule has 0 fully saturated rings. The zero-order valence-electron chi connectivity index (χ0n) is 12.7. The molecule has 1 N–H and O–H groups in total. The molecular formula is C17H21NO2S. The summed E-state index contributed by atoms with van der Waals surface area (Å²) in [5, 5.41) is 5.26. The lowest BCUT2D eigenvalue weighted by Gasteiger charge is -2.19. The largest absolute Gasteiger partial charge is 0.459 e. The van der Waals surface area contributed by atoms with E-state index in [-0.39, 0.29) is 12.5 Å². The van der Waals surface area contributed by atoms with Gasteiger partial charge in [-0.2, -0.15) is 0 Å². The molecule has 112 valence electrons. The molecule has 0 atom stereocenters. The van der Waals surface area contributed by atoms with Crippen molar-refractivity contribution >= 4 is 17.3 Å². The molecular weight excluding hydrogens is 282 g/mol. The Labute approximate surface area is 130 Å². The first kappa shape index (κ1) is 15.7. The lowest BCUT2D eigenvalue weighted by molar-refractivity contribution is -0.153. The van der Waals surface area contributed by atoms with Gasteiger partial charge in [-0.05, 0) is 43.3 Å². The number of carbonyl (C=O) groups is 1. The molecule has 0 saturated carbocycles. The van der Waals surface area contributed by atoms with Gasteiger partial charge in [-0.3, -0.25) is 4.79 Å². The van der Waals surface area contributed by atoms with Crippen molar-refractivity contribution in [3.8, 4) is 11.1 Å². The summed E-state index contributed by atoms with van der Waals surface area (Å²) in [4.78, 5) is 12.8. The van der Waals surface area contributed by atoms with Gasteiger partial charge in [0.1, 0.15) is 5.60 Å². The molecule has 0 aliphatic carbocycles. The van der Waals surface area contributed by atoms with Crippen molar-refractivity contribution in [3.63, 3.8) is 0 Å². The Morgan fingerprint density at radius 1 is 1.19 bits per heavy atom. The number of hydrogen-bond acceptors (Lipinski definition) is 4. The van der Waals surface area contributed by atoms with Crippen LogP contribution in [-0.4, -0.2) is 18.1 Å². The van der Waals surface area contributed by atoms with Gasteiger partial charge in [0.25, 0.3) is 0 Å². The number of hydrogen-bond donors (Lipinski definition) is 1. The lowest BCUT2D eigenvalue weighted by atomic mass is 10.1. The first-order valence-corrected chi connectivity index (χ1v) is 7.87. The number of thiophene rings is 1. The van der Waals surface area contributed by atoms with E-state index in [1.54, 1.807) is 11.3 Å². The summed E-state index contributed by atoms with van der Waals surface area (Å²) < 4.78 is 5.25. The first-order valence-electron chi connectivity index (χ1n) is 6.99. The van der Waals surface area contributed by atoms with Gasteiger partial charge in [-0.15, -0.1) is 11.3 Å². The van der Waals surface area contributed by atoms with Crippen LogP contribution in [0.3, 0.4) is 0 Å². The number of ether oxygens (including phenoxy) is 1. The Morgan fingerprint density at radius 3 is 2.57 bits per heavy atom. The SMILES string of the molecule is CC(C)(C)OC(=O)CNCc1cc(-c2ccccc2)cs1. The number of carbonyl (C=O) groups excluding carboxylic acids is 1. The maximum atomic E-state index is 11.6. The highest BCUT2D eigenvalue weighted by atomic mass is 32.1. The minimum atomic E-state index is -0.428. The Balaban J connectivity index is 1.83. The zero-order valence-corrected chi connectivity index (χ0v) is 13.5. The van der Waals surface area contributed by atoms with E-state index >= 15 is 0 Å². The summed E-state index contributed by atoms with van der Waals surface area (Å²) in [5.74, 6) is -0.220. The molecule has 0 spiro atoms. The zero-order chi connectivity index (χ0) is 15.3. The first-order chi connectivity index (χ1) is 9.94. The minimum absolute atomic E-state index is 0.220. The fourth-order valence-corrected chi connectivity index (χ4v) is 2.78. The van der Waals surface area contributed by atoms with Crippen LogP contribution in [0.2, 0.25) is 0 Å². The van der Waals surface area contributed by atoms with Gasteiger partial charge in [0.2, 0.25) is 0 Å². The maximum absolute atomic E-state index is 11.6. The van der Waals surface area contributed by atoms with Crippen molar-refractivity contribution in [3.05, 3.63) is 46.7 Å². The number of esters is 1. The third-order valence-corrected chi connectivity index (χ3v) is 3.69. The van der Waals surface area contributed by atoms with Crippen LogP contribution in [0.1, 0.15) is 25.6 Å². The average Bonchev–Trinajstić information content (AvgIpc) is 2.86. The highest BCUT2D eigenvalue weighted by molar-refractivity contribution is 7.10. The molecule has 2 aromatic rings. The van der Waals surface area contributed by atoms with Crippen LogP contribution in [-0.2, 0) is 16.1 Å². The summed E-state index contributed by atoms with van der Waals surface area (Å²) in [6.07, 6.45) is 0. The van der Waals surface area contributed by atoms with E-state index in [2.05, 4.69) is 28.9 Å². The van der Waals surface area contributed by atoms with Crippen molar-refractivity contribution in [2.45, 2.75) is 32.9 Å². The van der Waals surface area contributed by atoms with E-state index in [0.29, 0.717) is 6.54 Å².